The largest absolute Gasteiger partial charge is 0.396 e. The van der Waals surface area contributed by atoms with Gasteiger partial charge in [-0.1, -0.05) is 31.3 Å². The molecule has 0 spiro atoms. The summed E-state index contributed by atoms with van der Waals surface area (Å²) in [6, 6.07) is 4.91. The van der Waals surface area contributed by atoms with Crippen LogP contribution in [-0.2, 0) is 10.0 Å². The van der Waals surface area contributed by atoms with Crippen molar-refractivity contribution in [3.63, 3.8) is 0 Å². The smallest absolute Gasteiger partial charge is 0.243 e. The Bertz CT molecular complexity index is 585. The van der Waals surface area contributed by atoms with Gasteiger partial charge in [-0.05, 0) is 25.0 Å². The lowest BCUT2D eigenvalue weighted by Crippen LogP contribution is -2.33. The predicted octanol–water partition coefficient (Wildman–Crippen LogP) is 1.02. The molecule has 0 fully saturated rings. The molecule has 0 unspecified atom stereocenters. The Morgan fingerprint density at radius 2 is 2.10 bits per heavy atom. The number of thiocarbonyl (C=S) groups is 1. The van der Waals surface area contributed by atoms with Crippen LogP contribution in [0.4, 0.5) is 0 Å². The number of aliphatic hydroxyl groups excluding tert-OH is 1. The molecule has 1 aromatic carbocycles. The molecular formula is C13H20N2O3S2. The minimum atomic E-state index is -3.60. The van der Waals surface area contributed by atoms with Crippen LogP contribution in [0.3, 0.4) is 0 Å². The number of rotatable bonds is 7. The van der Waals surface area contributed by atoms with Crippen molar-refractivity contribution in [1.29, 1.82) is 0 Å². The molecule has 0 aliphatic rings. The van der Waals surface area contributed by atoms with E-state index in [0.29, 0.717) is 24.1 Å². The van der Waals surface area contributed by atoms with Crippen LogP contribution in [-0.4, -0.2) is 42.5 Å². The van der Waals surface area contributed by atoms with Crippen molar-refractivity contribution in [3.05, 3.63) is 29.3 Å². The number of benzene rings is 1. The van der Waals surface area contributed by atoms with Crippen LogP contribution in [0.1, 0.15) is 24.5 Å². The van der Waals surface area contributed by atoms with Crippen LogP contribution < -0.4 is 5.73 Å². The van der Waals surface area contributed by atoms with Gasteiger partial charge in [0.25, 0.3) is 0 Å². The predicted molar refractivity (Wildman–Crippen MR) is 83.2 cm³/mol. The van der Waals surface area contributed by atoms with Crippen molar-refractivity contribution < 1.29 is 13.5 Å². The molecule has 0 aliphatic carbocycles. The van der Waals surface area contributed by atoms with E-state index < -0.39 is 10.0 Å². The van der Waals surface area contributed by atoms with Gasteiger partial charge in [0, 0.05) is 25.3 Å². The molecule has 7 heteroatoms. The Hall–Kier alpha value is -1.02. The molecular weight excluding hydrogens is 296 g/mol. The van der Waals surface area contributed by atoms with Gasteiger partial charge in [-0.3, -0.25) is 0 Å². The van der Waals surface area contributed by atoms with E-state index in [2.05, 4.69) is 0 Å². The Morgan fingerprint density at radius 3 is 2.60 bits per heavy atom. The Kier molecular flexibility index (Phi) is 6.07. The highest BCUT2D eigenvalue weighted by Gasteiger charge is 2.24. The number of aliphatic hydroxyl groups is 1. The average molecular weight is 316 g/mol. The molecule has 0 atom stereocenters. The first-order chi connectivity index (χ1) is 9.34. The zero-order valence-corrected chi connectivity index (χ0v) is 13.3. The lowest BCUT2D eigenvalue weighted by molar-refractivity contribution is 0.271. The van der Waals surface area contributed by atoms with E-state index in [4.69, 9.17) is 23.1 Å². The van der Waals surface area contributed by atoms with Gasteiger partial charge in [0.1, 0.15) is 4.99 Å². The maximum absolute atomic E-state index is 12.6. The SMILES string of the molecule is CCN(CCCO)S(=O)(=O)c1cc(C(N)=S)ccc1C. The van der Waals surface area contributed by atoms with E-state index in [-0.39, 0.29) is 23.0 Å². The maximum atomic E-state index is 12.6. The monoisotopic (exact) mass is 316 g/mol. The fraction of sp³-hybridized carbons (Fsp3) is 0.462. The summed E-state index contributed by atoms with van der Waals surface area (Å²) >= 11 is 4.89. The second kappa shape index (κ2) is 7.12. The molecule has 0 heterocycles. The standard InChI is InChI=1S/C13H20N2O3S2/c1-3-15(7-4-8-16)20(17,18)12-9-11(13(14)19)6-5-10(12)2/h5-6,9,16H,3-4,7-8H2,1-2H3,(H2,14,19). The minimum absolute atomic E-state index is 0.0437. The third-order valence-corrected chi connectivity index (χ3v) is 5.36. The maximum Gasteiger partial charge on any atom is 0.243 e. The van der Waals surface area contributed by atoms with Gasteiger partial charge in [-0.25, -0.2) is 8.42 Å². The lowest BCUT2D eigenvalue weighted by Gasteiger charge is -2.21. The van der Waals surface area contributed by atoms with Gasteiger partial charge in [-0.15, -0.1) is 0 Å². The van der Waals surface area contributed by atoms with Gasteiger partial charge >= 0.3 is 0 Å². The summed E-state index contributed by atoms with van der Waals surface area (Å²) in [4.78, 5) is 0.377. The van der Waals surface area contributed by atoms with Crippen LogP contribution in [0, 0.1) is 6.92 Å². The van der Waals surface area contributed by atoms with Crippen LogP contribution in [0.2, 0.25) is 0 Å². The summed E-state index contributed by atoms with van der Waals surface area (Å²) in [5, 5.41) is 8.86. The number of aryl methyl sites for hydroxylation is 1. The Morgan fingerprint density at radius 1 is 1.45 bits per heavy atom. The molecule has 1 aromatic rings. The summed E-state index contributed by atoms with van der Waals surface area (Å²) in [5.74, 6) is 0. The van der Waals surface area contributed by atoms with Crippen LogP contribution in [0.25, 0.3) is 0 Å². The fourth-order valence-electron chi connectivity index (χ4n) is 1.87. The number of nitrogens with zero attached hydrogens (tertiary/aromatic N) is 1. The zero-order chi connectivity index (χ0) is 15.3. The highest BCUT2D eigenvalue weighted by atomic mass is 32.2. The van der Waals surface area contributed by atoms with Crippen LogP contribution in [0.5, 0.6) is 0 Å². The molecule has 3 N–H and O–H groups in total. The van der Waals surface area contributed by atoms with E-state index >= 15 is 0 Å². The summed E-state index contributed by atoms with van der Waals surface area (Å²) in [6.45, 7) is 4.08. The molecule has 0 aliphatic heterocycles. The average Bonchev–Trinajstić information content (AvgIpc) is 2.39. The number of sulfonamides is 1. The zero-order valence-electron chi connectivity index (χ0n) is 11.7. The summed E-state index contributed by atoms with van der Waals surface area (Å²) < 4.78 is 26.6. The Labute approximate surface area is 125 Å². The highest BCUT2D eigenvalue weighted by molar-refractivity contribution is 7.89. The molecule has 1 rings (SSSR count). The van der Waals surface area contributed by atoms with Crippen molar-refractivity contribution in [2.45, 2.75) is 25.2 Å². The quantitative estimate of drug-likeness (QED) is 0.734. The van der Waals surface area contributed by atoms with Gasteiger partial charge in [0.05, 0.1) is 4.90 Å². The molecule has 112 valence electrons. The highest BCUT2D eigenvalue weighted by Crippen LogP contribution is 2.21. The summed E-state index contributed by atoms with van der Waals surface area (Å²) in [5.41, 5.74) is 6.73. The third-order valence-electron chi connectivity index (χ3n) is 3.01. The van der Waals surface area contributed by atoms with E-state index in [1.807, 2.05) is 0 Å². The van der Waals surface area contributed by atoms with E-state index in [0.717, 1.165) is 0 Å². The van der Waals surface area contributed by atoms with Crippen molar-refractivity contribution in [1.82, 2.24) is 4.31 Å². The Balaban J connectivity index is 3.26. The molecule has 0 aromatic heterocycles. The molecule has 0 bridgehead atoms. The first kappa shape index (κ1) is 17.0. The van der Waals surface area contributed by atoms with E-state index in [1.165, 1.54) is 10.4 Å². The second-order valence-electron chi connectivity index (χ2n) is 4.42. The minimum Gasteiger partial charge on any atom is -0.396 e. The number of hydrogen-bond acceptors (Lipinski definition) is 4. The topological polar surface area (TPSA) is 83.6 Å². The molecule has 0 saturated heterocycles. The van der Waals surface area contributed by atoms with E-state index in [9.17, 15) is 8.42 Å². The first-order valence-corrected chi connectivity index (χ1v) is 8.20. The molecule has 5 nitrogen and oxygen atoms in total. The van der Waals surface area contributed by atoms with Crippen LogP contribution in [0.15, 0.2) is 23.1 Å². The summed E-state index contributed by atoms with van der Waals surface area (Å²) in [7, 11) is -3.60. The van der Waals surface area contributed by atoms with Crippen molar-refractivity contribution >= 4 is 27.2 Å². The first-order valence-electron chi connectivity index (χ1n) is 6.36. The molecule has 0 amide bonds. The third kappa shape index (κ3) is 3.76. The molecule has 0 radical (unpaired) electrons. The van der Waals surface area contributed by atoms with Crippen LogP contribution >= 0.6 is 12.2 Å². The number of hydrogen-bond donors (Lipinski definition) is 2. The summed E-state index contributed by atoms with van der Waals surface area (Å²) in [6.07, 6.45) is 0.404. The van der Waals surface area contributed by atoms with Gasteiger partial charge < -0.3 is 10.8 Å². The second-order valence-corrected chi connectivity index (χ2v) is 6.76. The van der Waals surface area contributed by atoms with Crippen molar-refractivity contribution in [3.8, 4) is 0 Å². The van der Waals surface area contributed by atoms with Gasteiger partial charge in [0.15, 0.2) is 0 Å². The van der Waals surface area contributed by atoms with E-state index in [1.54, 1.807) is 26.0 Å². The number of nitrogens with two attached hydrogens (primary N) is 1. The lowest BCUT2D eigenvalue weighted by atomic mass is 10.1. The van der Waals surface area contributed by atoms with Gasteiger partial charge in [-0.2, -0.15) is 4.31 Å². The normalized spacial score (nSPS) is 11.8. The van der Waals surface area contributed by atoms with Crippen molar-refractivity contribution in [2.75, 3.05) is 19.7 Å². The fourth-order valence-corrected chi connectivity index (χ4v) is 3.73. The van der Waals surface area contributed by atoms with Gasteiger partial charge in [0.2, 0.25) is 10.0 Å². The molecule has 0 saturated carbocycles. The van der Waals surface area contributed by atoms with Crippen molar-refractivity contribution in [2.24, 2.45) is 5.73 Å². The molecule has 20 heavy (non-hydrogen) atoms.